The van der Waals surface area contributed by atoms with Gasteiger partial charge in [-0.2, -0.15) is 0 Å². The van der Waals surface area contributed by atoms with Crippen molar-refractivity contribution in [3.05, 3.63) is 60.2 Å². The van der Waals surface area contributed by atoms with Crippen molar-refractivity contribution >= 4 is 11.8 Å². The molecule has 0 saturated carbocycles. The van der Waals surface area contributed by atoms with E-state index in [0.29, 0.717) is 0 Å². The molecule has 0 bridgehead atoms. The SMILES string of the molecule is CNCc1ccc(OCCSc2ccccc2)cc1. The number of rotatable bonds is 7. The molecule has 0 fully saturated rings. The van der Waals surface area contributed by atoms with Gasteiger partial charge in [0.15, 0.2) is 0 Å². The van der Waals surface area contributed by atoms with Gasteiger partial charge in [0.25, 0.3) is 0 Å². The maximum Gasteiger partial charge on any atom is 0.119 e. The Morgan fingerprint density at radius 1 is 1.00 bits per heavy atom. The molecule has 1 N–H and O–H groups in total. The van der Waals surface area contributed by atoms with Crippen LogP contribution in [0.2, 0.25) is 0 Å². The normalized spacial score (nSPS) is 10.4. The van der Waals surface area contributed by atoms with E-state index in [0.717, 1.165) is 24.7 Å². The third-order valence-electron chi connectivity index (χ3n) is 2.67. The Bertz CT molecular complexity index is 470. The first-order valence-corrected chi connectivity index (χ1v) is 7.41. The smallest absolute Gasteiger partial charge is 0.119 e. The monoisotopic (exact) mass is 273 g/mol. The van der Waals surface area contributed by atoms with Crippen molar-refractivity contribution in [1.82, 2.24) is 5.32 Å². The van der Waals surface area contributed by atoms with E-state index in [1.54, 1.807) is 0 Å². The summed E-state index contributed by atoms with van der Waals surface area (Å²) in [6.07, 6.45) is 0. The van der Waals surface area contributed by atoms with Crippen molar-refractivity contribution in [3.8, 4) is 5.75 Å². The summed E-state index contributed by atoms with van der Waals surface area (Å²) in [5.74, 6) is 1.90. The summed E-state index contributed by atoms with van der Waals surface area (Å²) in [6, 6.07) is 18.6. The summed E-state index contributed by atoms with van der Waals surface area (Å²) >= 11 is 1.82. The molecule has 2 aromatic rings. The predicted octanol–water partition coefficient (Wildman–Crippen LogP) is 3.58. The van der Waals surface area contributed by atoms with Crippen LogP contribution >= 0.6 is 11.8 Å². The zero-order chi connectivity index (χ0) is 13.3. The highest BCUT2D eigenvalue weighted by atomic mass is 32.2. The van der Waals surface area contributed by atoms with E-state index < -0.39 is 0 Å². The quantitative estimate of drug-likeness (QED) is 0.615. The standard InChI is InChI=1S/C16H19NOS/c1-17-13-14-7-9-15(10-8-14)18-11-12-19-16-5-3-2-4-6-16/h2-10,17H,11-13H2,1H3. The molecule has 0 atom stereocenters. The van der Waals surface area contributed by atoms with Gasteiger partial charge in [-0.05, 0) is 36.9 Å². The van der Waals surface area contributed by atoms with Gasteiger partial charge in [-0.15, -0.1) is 11.8 Å². The second kappa shape index (κ2) is 7.87. The zero-order valence-corrected chi connectivity index (χ0v) is 12.0. The van der Waals surface area contributed by atoms with Gasteiger partial charge < -0.3 is 10.1 Å². The first-order chi connectivity index (χ1) is 9.38. The molecular formula is C16H19NOS. The highest BCUT2D eigenvalue weighted by molar-refractivity contribution is 7.99. The van der Waals surface area contributed by atoms with Crippen molar-refractivity contribution in [2.24, 2.45) is 0 Å². The lowest BCUT2D eigenvalue weighted by Gasteiger charge is -2.07. The van der Waals surface area contributed by atoms with Crippen LogP contribution in [-0.4, -0.2) is 19.4 Å². The fourth-order valence-corrected chi connectivity index (χ4v) is 2.50. The van der Waals surface area contributed by atoms with Crippen LogP contribution in [-0.2, 0) is 6.54 Å². The molecule has 0 aliphatic rings. The molecular weight excluding hydrogens is 254 g/mol. The zero-order valence-electron chi connectivity index (χ0n) is 11.1. The maximum atomic E-state index is 5.72. The number of nitrogens with one attached hydrogen (secondary N) is 1. The van der Waals surface area contributed by atoms with E-state index in [2.05, 4.69) is 41.7 Å². The Hall–Kier alpha value is -1.45. The third kappa shape index (κ3) is 4.97. The third-order valence-corrected chi connectivity index (χ3v) is 3.64. The minimum absolute atomic E-state index is 0.727. The molecule has 3 heteroatoms. The summed E-state index contributed by atoms with van der Waals surface area (Å²) in [5.41, 5.74) is 1.27. The first kappa shape index (κ1) is 14.0. The van der Waals surface area contributed by atoms with Crippen LogP contribution in [0, 0.1) is 0 Å². The molecule has 2 aromatic carbocycles. The van der Waals surface area contributed by atoms with Crippen LogP contribution in [0.3, 0.4) is 0 Å². The van der Waals surface area contributed by atoms with Crippen LogP contribution in [0.15, 0.2) is 59.5 Å². The number of thioether (sulfide) groups is 1. The van der Waals surface area contributed by atoms with Gasteiger partial charge in [0, 0.05) is 17.2 Å². The van der Waals surface area contributed by atoms with E-state index in [4.69, 9.17) is 4.74 Å². The van der Waals surface area contributed by atoms with E-state index in [9.17, 15) is 0 Å². The van der Waals surface area contributed by atoms with Crippen LogP contribution in [0.1, 0.15) is 5.56 Å². The van der Waals surface area contributed by atoms with E-state index in [1.165, 1.54) is 10.5 Å². The van der Waals surface area contributed by atoms with Gasteiger partial charge in [0.2, 0.25) is 0 Å². The average Bonchev–Trinajstić information content (AvgIpc) is 2.47. The summed E-state index contributed by atoms with van der Waals surface area (Å²) in [6.45, 7) is 1.62. The molecule has 0 aromatic heterocycles. The first-order valence-electron chi connectivity index (χ1n) is 6.42. The Labute approximate surface area is 119 Å². The molecule has 2 rings (SSSR count). The van der Waals surface area contributed by atoms with Gasteiger partial charge in [-0.25, -0.2) is 0 Å². The largest absolute Gasteiger partial charge is 0.493 e. The highest BCUT2D eigenvalue weighted by Crippen LogP contribution is 2.17. The Balaban J connectivity index is 1.70. The maximum absolute atomic E-state index is 5.72. The van der Waals surface area contributed by atoms with Crippen LogP contribution in [0.4, 0.5) is 0 Å². The lowest BCUT2D eigenvalue weighted by molar-refractivity contribution is 0.344. The Morgan fingerprint density at radius 3 is 2.42 bits per heavy atom. The number of hydrogen-bond donors (Lipinski definition) is 1. The lowest BCUT2D eigenvalue weighted by Crippen LogP contribution is -2.05. The predicted molar refractivity (Wildman–Crippen MR) is 81.9 cm³/mol. The van der Waals surface area contributed by atoms with Gasteiger partial charge in [-0.1, -0.05) is 30.3 Å². The molecule has 0 spiro atoms. The summed E-state index contributed by atoms with van der Waals surface area (Å²) in [7, 11) is 1.95. The molecule has 0 unspecified atom stereocenters. The highest BCUT2D eigenvalue weighted by Gasteiger charge is 1.96. The molecule has 0 saturated heterocycles. The summed E-state index contributed by atoms with van der Waals surface area (Å²) in [5, 5.41) is 3.13. The Kier molecular flexibility index (Phi) is 5.79. The van der Waals surface area contributed by atoms with Gasteiger partial charge in [-0.3, -0.25) is 0 Å². The minimum Gasteiger partial charge on any atom is -0.493 e. The van der Waals surface area contributed by atoms with Crippen molar-refractivity contribution in [2.75, 3.05) is 19.4 Å². The lowest BCUT2D eigenvalue weighted by atomic mass is 10.2. The second-order valence-corrected chi connectivity index (χ2v) is 5.35. The number of ether oxygens (including phenoxy) is 1. The molecule has 0 radical (unpaired) electrons. The fourth-order valence-electron chi connectivity index (χ4n) is 1.74. The summed E-state index contributed by atoms with van der Waals surface area (Å²) in [4.78, 5) is 1.29. The topological polar surface area (TPSA) is 21.3 Å². The van der Waals surface area contributed by atoms with Gasteiger partial charge in [0.1, 0.15) is 5.75 Å². The number of hydrogen-bond acceptors (Lipinski definition) is 3. The molecule has 0 aliphatic heterocycles. The number of benzene rings is 2. The van der Waals surface area contributed by atoms with Crippen molar-refractivity contribution in [3.63, 3.8) is 0 Å². The van der Waals surface area contributed by atoms with Crippen LogP contribution < -0.4 is 10.1 Å². The van der Waals surface area contributed by atoms with Crippen LogP contribution in [0.25, 0.3) is 0 Å². The van der Waals surface area contributed by atoms with E-state index in [-0.39, 0.29) is 0 Å². The Morgan fingerprint density at radius 2 is 1.74 bits per heavy atom. The van der Waals surface area contributed by atoms with Gasteiger partial charge >= 0.3 is 0 Å². The molecule has 0 amide bonds. The summed E-state index contributed by atoms with van der Waals surface area (Å²) < 4.78 is 5.72. The average molecular weight is 273 g/mol. The van der Waals surface area contributed by atoms with Gasteiger partial charge in [0.05, 0.1) is 6.61 Å². The molecule has 19 heavy (non-hydrogen) atoms. The van der Waals surface area contributed by atoms with Crippen molar-refractivity contribution in [1.29, 1.82) is 0 Å². The molecule has 0 heterocycles. The van der Waals surface area contributed by atoms with Crippen molar-refractivity contribution in [2.45, 2.75) is 11.4 Å². The molecule has 0 aliphatic carbocycles. The van der Waals surface area contributed by atoms with Crippen LogP contribution in [0.5, 0.6) is 5.75 Å². The molecule has 2 nitrogen and oxygen atoms in total. The minimum atomic E-state index is 0.727. The van der Waals surface area contributed by atoms with E-state index >= 15 is 0 Å². The fraction of sp³-hybridized carbons (Fsp3) is 0.250. The van der Waals surface area contributed by atoms with E-state index in [1.807, 2.05) is 37.0 Å². The second-order valence-electron chi connectivity index (χ2n) is 4.18. The van der Waals surface area contributed by atoms with Crippen molar-refractivity contribution < 1.29 is 4.74 Å². The molecule has 100 valence electrons.